The summed E-state index contributed by atoms with van der Waals surface area (Å²) < 4.78 is 0. The van der Waals surface area contributed by atoms with Crippen LogP contribution >= 0.6 is 0 Å². The zero-order valence-corrected chi connectivity index (χ0v) is 23.2. The Balaban J connectivity index is -0.0000000134. The van der Waals surface area contributed by atoms with Gasteiger partial charge in [0.05, 0.1) is 0 Å². The number of nitrogens with one attached hydrogen (secondary N) is 2. The second-order valence-electron chi connectivity index (χ2n) is 3.00. The maximum atomic E-state index is 5.33. The largest absolute Gasteiger partial charge is 1.00 e. The van der Waals surface area contributed by atoms with E-state index in [1.165, 1.54) is 19.3 Å². The monoisotopic (exact) mass is 293 g/mol. The van der Waals surface area contributed by atoms with Crippen LogP contribution in [0.5, 0.6) is 0 Å². The first-order valence-corrected chi connectivity index (χ1v) is 5.03. The molecule has 0 unspecified atom stereocenters. The SMILES string of the molecule is CCCCCNCCNCCN.[H-].[H-].[H-].[H-].[H-].[Na+].[Na+].[Na+].[Na+].[Na+]. The van der Waals surface area contributed by atoms with E-state index < -0.39 is 0 Å². The zero-order valence-electron chi connectivity index (χ0n) is 18.2. The van der Waals surface area contributed by atoms with Gasteiger partial charge in [-0.3, -0.25) is 0 Å². The van der Waals surface area contributed by atoms with Crippen molar-refractivity contribution in [3.05, 3.63) is 0 Å². The summed E-state index contributed by atoms with van der Waals surface area (Å²) in [5, 5.41) is 6.61. The molecule has 0 rings (SSSR count). The number of unbranched alkanes of at least 4 members (excludes halogenated alkanes) is 2. The summed E-state index contributed by atoms with van der Waals surface area (Å²) in [4.78, 5) is 0. The first-order chi connectivity index (χ1) is 5.91. The predicted molar refractivity (Wildman–Crippen MR) is 59.9 cm³/mol. The molecular formula is C9H28N3Na5. The van der Waals surface area contributed by atoms with E-state index in [0.29, 0.717) is 0 Å². The minimum Gasteiger partial charge on any atom is -1.00 e. The zero-order chi connectivity index (χ0) is 9.07. The van der Waals surface area contributed by atoms with Gasteiger partial charge in [0.15, 0.2) is 0 Å². The Morgan fingerprint density at radius 2 is 1.24 bits per heavy atom. The van der Waals surface area contributed by atoms with Gasteiger partial charge in [-0.05, 0) is 13.0 Å². The van der Waals surface area contributed by atoms with E-state index in [1.54, 1.807) is 0 Å². The van der Waals surface area contributed by atoms with Gasteiger partial charge in [0.1, 0.15) is 0 Å². The van der Waals surface area contributed by atoms with Crippen LogP contribution in [0.3, 0.4) is 0 Å². The molecule has 0 saturated carbocycles. The summed E-state index contributed by atoms with van der Waals surface area (Å²) in [6.45, 7) is 7.13. The summed E-state index contributed by atoms with van der Waals surface area (Å²) in [5.41, 5.74) is 5.33. The molecule has 0 aliphatic rings. The molecule has 0 aromatic heterocycles. The van der Waals surface area contributed by atoms with Crippen molar-refractivity contribution >= 4 is 0 Å². The van der Waals surface area contributed by atoms with Gasteiger partial charge in [0.2, 0.25) is 0 Å². The Morgan fingerprint density at radius 3 is 1.65 bits per heavy atom. The third-order valence-electron chi connectivity index (χ3n) is 1.76. The average Bonchev–Trinajstić information content (AvgIpc) is 2.10. The molecule has 0 spiro atoms. The van der Waals surface area contributed by atoms with Crippen molar-refractivity contribution in [2.24, 2.45) is 5.73 Å². The van der Waals surface area contributed by atoms with Crippen LogP contribution in [-0.2, 0) is 0 Å². The third-order valence-corrected chi connectivity index (χ3v) is 1.76. The number of rotatable bonds is 9. The van der Waals surface area contributed by atoms with Crippen molar-refractivity contribution in [3.8, 4) is 0 Å². The van der Waals surface area contributed by atoms with Crippen molar-refractivity contribution < 1.29 is 155 Å². The maximum absolute atomic E-state index is 5.33. The van der Waals surface area contributed by atoms with Crippen molar-refractivity contribution in [2.75, 3.05) is 32.7 Å². The maximum Gasteiger partial charge on any atom is 1.00 e. The summed E-state index contributed by atoms with van der Waals surface area (Å²) in [5.74, 6) is 0. The molecule has 17 heavy (non-hydrogen) atoms. The summed E-state index contributed by atoms with van der Waals surface area (Å²) in [6.07, 6.45) is 3.93. The third kappa shape index (κ3) is 38.6. The fraction of sp³-hybridized carbons (Fsp3) is 1.00. The van der Waals surface area contributed by atoms with Gasteiger partial charge in [-0.15, -0.1) is 0 Å². The summed E-state index contributed by atoms with van der Waals surface area (Å²) in [6, 6.07) is 0. The molecular weight excluding hydrogens is 265 g/mol. The first kappa shape index (κ1) is 37.8. The Morgan fingerprint density at radius 1 is 0.765 bits per heavy atom. The quantitative estimate of drug-likeness (QED) is 0.292. The smallest absolute Gasteiger partial charge is 1.00 e. The normalized spacial score (nSPS) is 7.41. The van der Waals surface area contributed by atoms with Crippen LogP contribution in [0.1, 0.15) is 33.3 Å². The second kappa shape index (κ2) is 37.3. The van der Waals surface area contributed by atoms with E-state index >= 15 is 0 Å². The molecule has 0 aliphatic heterocycles. The minimum absolute atomic E-state index is 0. The van der Waals surface area contributed by atoms with Crippen molar-refractivity contribution in [1.29, 1.82) is 0 Å². The molecule has 8 heteroatoms. The Labute approximate surface area is 226 Å². The van der Waals surface area contributed by atoms with Gasteiger partial charge >= 0.3 is 148 Å². The molecule has 0 bridgehead atoms. The average molecular weight is 293 g/mol. The van der Waals surface area contributed by atoms with Gasteiger partial charge in [0.25, 0.3) is 0 Å². The van der Waals surface area contributed by atoms with Crippen LogP contribution < -0.4 is 164 Å². The molecule has 0 heterocycles. The van der Waals surface area contributed by atoms with Crippen molar-refractivity contribution in [3.63, 3.8) is 0 Å². The standard InChI is InChI=1S/C9H23N3.5Na.5H/c1-2-3-4-6-11-8-9-12-7-5-10;;;;;;;;;;/h11-12H,2-10H2,1H3;;;;;;;;;;/q;5*+1;5*-1. The molecule has 0 radical (unpaired) electrons. The fourth-order valence-electron chi connectivity index (χ4n) is 1.03. The van der Waals surface area contributed by atoms with E-state index in [-0.39, 0.29) is 155 Å². The molecule has 3 nitrogen and oxygen atoms in total. The van der Waals surface area contributed by atoms with Gasteiger partial charge in [0, 0.05) is 26.2 Å². The van der Waals surface area contributed by atoms with E-state index in [4.69, 9.17) is 5.73 Å². The van der Waals surface area contributed by atoms with E-state index in [0.717, 1.165) is 32.7 Å². The van der Waals surface area contributed by atoms with E-state index in [2.05, 4.69) is 17.6 Å². The molecule has 0 atom stereocenters. The van der Waals surface area contributed by atoms with Crippen molar-refractivity contribution in [1.82, 2.24) is 10.6 Å². The van der Waals surface area contributed by atoms with Crippen LogP contribution in [-0.4, -0.2) is 32.7 Å². The van der Waals surface area contributed by atoms with Crippen LogP contribution in [0, 0.1) is 0 Å². The van der Waals surface area contributed by atoms with Gasteiger partial charge in [-0.2, -0.15) is 0 Å². The second-order valence-corrected chi connectivity index (χ2v) is 3.00. The van der Waals surface area contributed by atoms with Gasteiger partial charge in [-0.1, -0.05) is 19.8 Å². The van der Waals surface area contributed by atoms with Crippen LogP contribution in [0.15, 0.2) is 0 Å². The van der Waals surface area contributed by atoms with Crippen LogP contribution in [0.2, 0.25) is 0 Å². The molecule has 0 aromatic carbocycles. The molecule has 0 amide bonds. The minimum atomic E-state index is 0. The fourth-order valence-corrected chi connectivity index (χ4v) is 1.03. The van der Waals surface area contributed by atoms with Crippen molar-refractivity contribution in [2.45, 2.75) is 26.2 Å². The molecule has 0 aliphatic carbocycles. The molecule has 0 saturated heterocycles. The van der Waals surface area contributed by atoms with Gasteiger partial charge in [-0.25, -0.2) is 0 Å². The Hall–Kier alpha value is 4.88. The van der Waals surface area contributed by atoms with E-state index in [1.807, 2.05) is 0 Å². The first-order valence-electron chi connectivity index (χ1n) is 5.03. The Kier molecular flexibility index (Phi) is 82.9. The molecule has 4 N–H and O–H groups in total. The van der Waals surface area contributed by atoms with E-state index in [9.17, 15) is 0 Å². The topological polar surface area (TPSA) is 50.1 Å². The van der Waals surface area contributed by atoms with Crippen LogP contribution in [0.25, 0.3) is 0 Å². The van der Waals surface area contributed by atoms with Crippen LogP contribution in [0.4, 0.5) is 0 Å². The molecule has 0 aromatic rings. The summed E-state index contributed by atoms with van der Waals surface area (Å²) >= 11 is 0. The predicted octanol–water partition coefficient (Wildman–Crippen LogP) is -14.1. The Bertz CT molecular complexity index is 98.0. The molecule has 84 valence electrons. The number of hydrogen-bond acceptors (Lipinski definition) is 3. The molecule has 0 fully saturated rings. The number of hydrogen-bond donors (Lipinski definition) is 3. The number of nitrogens with two attached hydrogens (primary N) is 1. The van der Waals surface area contributed by atoms with Gasteiger partial charge < -0.3 is 23.5 Å². The summed E-state index contributed by atoms with van der Waals surface area (Å²) in [7, 11) is 0.